The van der Waals surface area contributed by atoms with Crippen molar-refractivity contribution in [3.8, 4) is 0 Å². The molecule has 108 valence electrons. The van der Waals surface area contributed by atoms with Crippen LogP contribution in [0.15, 0.2) is 24.3 Å². The van der Waals surface area contributed by atoms with Gasteiger partial charge in [-0.2, -0.15) is 13.2 Å². The second kappa shape index (κ2) is 7.50. The first-order chi connectivity index (χ1) is 8.99. The fourth-order valence-electron chi connectivity index (χ4n) is 2.15. The molecular weight excluding hydrogens is 253 g/mol. The first-order valence-corrected chi connectivity index (χ1v) is 6.56. The van der Waals surface area contributed by atoms with Crippen LogP contribution in [0.5, 0.6) is 0 Å². The molecule has 0 heterocycles. The maximum Gasteiger partial charge on any atom is 0.416 e. The first kappa shape index (κ1) is 16.0. The summed E-state index contributed by atoms with van der Waals surface area (Å²) in [6, 6.07) is 5.43. The Hall–Kier alpha value is -1.07. The SMILES string of the molecule is NCCCC(CCCN)c1ccc(C(F)(F)F)cc1. The molecule has 0 amide bonds. The van der Waals surface area contributed by atoms with Crippen LogP contribution in [0.3, 0.4) is 0 Å². The van der Waals surface area contributed by atoms with Gasteiger partial charge in [-0.3, -0.25) is 0 Å². The van der Waals surface area contributed by atoms with E-state index in [9.17, 15) is 13.2 Å². The standard InChI is InChI=1S/C14H21F3N2/c15-14(16,17)13-7-5-12(6-8-13)11(3-1-9-18)4-2-10-19/h5-8,11H,1-4,9-10,18-19H2. The van der Waals surface area contributed by atoms with Crippen molar-refractivity contribution in [2.75, 3.05) is 13.1 Å². The van der Waals surface area contributed by atoms with Crippen molar-refractivity contribution in [2.45, 2.75) is 37.8 Å². The van der Waals surface area contributed by atoms with E-state index in [1.54, 1.807) is 12.1 Å². The Morgan fingerprint density at radius 2 is 1.37 bits per heavy atom. The minimum atomic E-state index is -4.28. The molecule has 0 fully saturated rings. The fourth-order valence-corrected chi connectivity index (χ4v) is 2.15. The Labute approximate surface area is 112 Å². The average Bonchev–Trinajstić information content (AvgIpc) is 2.38. The summed E-state index contributed by atoms with van der Waals surface area (Å²) >= 11 is 0. The Morgan fingerprint density at radius 1 is 0.895 bits per heavy atom. The lowest BCUT2D eigenvalue weighted by atomic mass is 9.89. The number of alkyl halides is 3. The molecule has 0 aliphatic rings. The molecule has 0 saturated heterocycles. The maximum absolute atomic E-state index is 12.5. The highest BCUT2D eigenvalue weighted by atomic mass is 19.4. The number of hydrogen-bond acceptors (Lipinski definition) is 2. The monoisotopic (exact) mass is 274 g/mol. The van der Waals surface area contributed by atoms with Gasteiger partial charge < -0.3 is 11.5 Å². The molecule has 0 unspecified atom stereocenters. The highest BCUT2D eigenvalue weighted by Crippen LogP contribution is 2.32. The molecule has 4 N–H and O–H groups in total. The molecule has 0 aromatic heterocycles. The van der Waals surface area contributed by atoms with E-state index in [1.807, 2.05) is 0 Å². The van der Waals surface area contributed by atoms with Gasteiger partial charge in [0, 0.05) is 0 Å². The molecule has 19 heavy (non-hydrogen) atoms. The van der Waals surface area contributed by atoms with Gasteiger partial charge in [0.1, 0.15) is 0 Å². The number of hydrogen-bond donors (Lipinski definition) is 2. The summed E-state index contributed by atoms with van der Waals surface area (Å²) in [5.41, 5.74) is 11.3. The average molecular weight is 274 g/mol. The van der Waals surface area contributed by atoms with E-state index < -0.39 is 11.7 Å². The van der Waals surface area contributed by atoms with Crippen LogP contribution in [0, 0.1) is 0 Å². The van der Waals surface area contributed by atoms with Crippen molar-refractivity contribution in [1.29, 1.82) is 0 Å². The molecule has 0 aliphatic heterocycles. The van der Waals surface area contributed by atoms with Crippen LogP contribution in [0.1, 0.15) is 42.7 Å². The summed E-state index contributed by atoms with van der Waals surface area (Å²) in [5, 5.41) is 0. The van der Waals surface area contributed by atoms with Crippen LogP contribution in [0.2, 0.25) is 0 Å². The Morgan fingerprint density at radius 3 is 1.74 bits per heavy atom. The Balaban J connectivity index is 2.78. The molecule has 0 radical (unpaired) electrons. The van der Waals surface area contributed by atoms with Crippen LogP contribution >= 0.6 is 0 Å². The van der Waals surface area contributed by atoms with Crippen LogP contribution < -0.4 is 11.5 Å². The van der Waals surface area contributed by atoms with Crippen LogP contribution in [0.4, 0.5) is 13.2 Å². The predicted molar refractivity (Wildman–Crippen MR) is 70.8 cm³/mol. The van der Waals surface area contributed by atoms with Crippen molar-refractivity contribution < 1.29 is 13.2 Å². The van der Waals surface area contributed by atoms with E-state index in [0.29, 0.717) is 13.1 Å². The van der Waals surface area contributed by atoms with Crippen molar-refractivity contribution in [3.63, 3.8) is 0 Å². The van der Waals surface area contributed by atoms with Crippen molar-refractivity contribution in [1.82, 2.24) is 0 Å². The third-order valence-corrected chi connectivity index (χ3v) is 3.22. The van der Waals surface area contributed by atoms with Gasteiger partial charge in [0.05, 0.1) is 5.56 Å². The molecule has 0 bridgehead atoms. The number of halogens is 3. The normalized spacial score (nSPS) is 12.1. The minimum Gasteiger partial charge on any atom is -0.330 e. The molecule has 1 rings (SSSR count). The van der Waals surface area contributed by atoms with Crippen LogP contribution in [0.25, 0.3) is 0 Å². The van der Waals surface area contributed by atoms with Gasteiger partial charge in [-0.1, -0.05) is 12.1 Å². The topological polar surface area (TPSA) is 52.0 Å². The number of benzene rings is 1. The van der Waals surface area contributed by atoms with Crippen molar-refractivity contribution >= 4 is 0 Å². The zero-order valence-electron chi connectivity index (χ0n) is 10.9. The van der Waals surface area contributed by atoms with Gasteiger partial charge in [0.25, 0.3) is 0 Å². The highest BCUT2D eigenvalue weighted by Gasteiger charge is 2.30. The molecule has 0 atom stereocenters. The van der Waals surface area contributed by atoms with Gasteiger partial charge >= 0.3 is 6.18 Å². The molecular formula is C14H21F3N2. The second-order valence-corrected chi connectivity index (χ2v) is 4.68. The van der Waals surface area contributed by atoms with Crippen molar-refractivity contribution in [2.24, 2.45) is 11.5 Å². The molecule has 5 heteroatoms. The van der Waals surface area contributed by atoms with Gasteiger partial charge in [-0.15, -0.1) is 0 Å². The van der Waals surface area contributed by atoms with E-state index in [1.165, 1.54) is 0 Å². The minimum absolute atomic E-state index is 0.245. The lowest BCUT2D eigenvalue weighted by molar-refractivity contribution is -0.137. The lowest BCUT2D eigenvalue weighted by Gasteiger charge is -2.17. The quantitative estimate of drug-likeness (QED) is 0.801. The Kier molecular flexibility index (Phi) is 6.31. The summed E-state index contributed by atoms with van der Waals surface area (Å²) < 4.78 is 37.5. The van der Waals surface area contributed by atoms with Crippen LogP contribution in [-0.4, -0.2) is 13.1 Å². The van der Waals surface area contributed by atoms with E-state index in [2.05, 4.69) is 0 Å². The van der Waals surface area contributed by atoms with E-state index in [-0.39, 0.29) is 5.92 Å². The van der Waals surface area contributed by atoms with E-state index in [4.69, 9.17) is 11.5 Å². The summed E-state index contributed by atoms with van der Waals surface area (Å²) in [6.07, 6.45) is -0.751. The lowest BCUT2D eigenvalue weighted by Crippen LogP contribution is -2.09. The first-order valence-electron chi connectivity index (χ1n) is 6.56. The fraction of sp³-hybridized carbons (Fsp3) is 0.571. The molecule has 1 aromatic rings. The molecule has 0 aliphatic carbocycles. The number of nitrogens with two attached hydrogens (primary N) is 2. The van der Waals surface area contributed by atoms with Gasteiger partial charge in [-0.05, 0) is 62.4 Å². The predicted octanol–water partition coefficient (Wildman–Crippen LogP) is 3.27. The summed E-state index contributed by atoms with van der Waals surface area (Å²) in [7, 11) is 0. The molecule has 1 aromatic carbocycles. The third kappa shape index (κ3) is 5.20. The highest BCUT2D eigenvalue weighted by molar-refractivity contribution is 5.27. The maximum atomic E-state index is 12.5. The van der Waals surface area contributed by atoms with Gasteiger partial charge in [-0.25, -0.2) is 0 Å². The van der Waals surface area contributed by atoms with E-state index in [0.717, 1.165) is 43.4 Å². The van der Waals surface area contributed by atoms with Crippen molar-refractivity contribution in [3.05, 3.63) is 35.4 Å². The number of rotatable bonds is 7. The third-order valence-electron chi connectivity index (χ3n) is 3.22. The largest absolute Gasteiger partial charge is 0.416 e. The molecule has 0 spiro atoms. The smallest absolute Gasteiger partial charge is 0.330 e. The van der Waals surface area contributed by atoms with Crippen LogP contribution in [-0.2, 0) is 6.18 Å². The van der Waals surface area contributed by atoms with Gasteiger partial charge in [0.2, 0.25) is 0 Å². The second-order valence-electron chi connectivity index (χ2n) is 4.68. The Bertz CT molecular complexity index is 352. The molecule has 2 nitrogen and oxygen atoms in total. The van der Waals surface area contributed by atoms with E-state index >= 15 is 0 Å². The van der Waals surface area contributed by atoms with Gasteiger partial charge in [0.15, 0.2) is 0 Å². The summed E-state index contributed by atoms with van der Waals surface area (Å²) in [4.78, 5) is 0. The molecule has 0 saturated carbocycles. The zero-order valence-corrected chi connectivity index (χ0v) is 10.9. The zero-order chi connectivity index (χ0) is 14.3. The summed E-state index contributed by atoms with van der Waals surface area (Å²) in [6.45, 7) is 1.19. The summed E-state index contributed by atoms with van der Waals surface area (Å²) in [5.74, 6) is 0.245.